The normalized spacial score (nSPS) is 13.2. The molecule has 0 spiro atoms. The highest BCUT2D eigenvalue weighted by Gasteiger charge is 2.08. The Balaban J connectivity index is 3.49. The Bertz CT molecular complexity index is 150. The first-order valence-corrected chi connectivity index (χ1v) is 4.49. The van der Waals surface area contributed by atoms with E-state index in [1.54, 1.807) is 7.11 Å². The van der Waals surface area contributed by atoms with Gasteiger partial charge in [0.25, 0.3) is 0 Å². The van der Waals surface area contributed by atoms with Crippen molar-refractivity contribution in [3.63, 3.8) is 0 Å². The molecule has 0 aliphatic heterocycles. The molecular formula is C9H19NO3. The molecule has 0 aromatic rings. The van der Waals surface area contributed by atoms with Gasteiger partial charge in [-0.1, -0.05) is 0 Å². The Morgan fingerprint density at radius 1 is 1.62 bits per heavy atom. The Morgan fingerprint density at radius 2 is 2.23 bits per heavy atom. The lowest BCUT2D eigenvalue weighted by molar-refractivity contribution is -0.137. The second kappa shape index (κ2) is 6.86. The van der Waals surface area contributed by atoms with Crippen molar-refractivity contribution in [2.45, 2.75) is 25.8 Å². The fourth-order valence-electron chi connectivity index (χ4n) is 1.07. The average molecular weight is 189 g/mol. The highest BCUT2D eigenvalue weighted by Crippen LogP contribution is 1.99. The molecule has 0 saturated carbocycles. The van der Waals surface area contributed by atoms with Gasteiger partial charge in [0.1, 0.15) is 0 Å². The quantitative estimate of drug-likeness (QED) is 0.644. The van der Waals surface area contributed by atoms with Gasteiger partial charge in [-0.05, 0) is 26.9 Å². The fraction of sp³-hybridized carbons (Fsp3) is 0.889. The van der Waals surface area contributed by atoms with Crippen LogP contribution in [0.15, 0.2) is 0 Å². The van der Waals surface area contributed by atoms with Crippen LogP contribution in [0.3, 0.4) is 0 Å². The minimum absolute atomic E-state index is 0.240. The maximum Gasteiger partial charge on any atom is 0.303 e. The van der Waals surface area contributed by atoms with Crippen LogP contribution < -0.4 is 0 Å². The molecule has 0 bridgehead atoms. The number of carboxylic acid groups (broad SMARTS) is 1. The van der Waals surface area contributed by atoms with Gasteiger partial charge in [-0.25, -0.2) is 0 Å². The van der Waals surface area contributed by atoms with E-state index < -0.39 is 5.97 Å². The number of likely N-dealkylation sites (N-methyl/N-ethyl adjacent to an activating group) is 1. The Kier molecular flexibility index (Phi) is 6.54. The molecule has 1 N–H and O–H groups in total. The first-order valence-electron chi connectivity index (χ1n) is 4.49. The summed E-state index contributed by atoms with van der Waals surface area (Å²) in [5.41, 5.74) is 0. The molecule has 4 heteroatoms. The van der Waals surface area contributed by atoms with E-state index in [1.807, 2.05) is 7.05 Å². The number of rotatable bonds is 7. The fourth-order valence-corrected chi connectivity index (χ4v) is 1.07. The molecule has 0 aliphatic carbocycles. The molecule has 0 amide bonds. The molecule has 4 nitrogen and oxygen atoms in total. The minimum Gasteiger partial charge on any atom is -0.481 e. The SMILES string of the molecule is COCC(C)N(C)CCCC(=O)O. The molecule has 0 aromatic carbocycles. The molecule has 0 aromatic heterocycles. The lowest BCUT2D eigenvalue weighted by atomic mass is 10.2. The molecule has 0 aliphatic rings. The zero-order chi connectivity index (χ0) is 10.3. The highest BCUT2D eigenvalue weighted by molar-refractivity contribution is 5.66. The predicted molar refractivity (Wildman–Crippen MR) is 50.8 cm³/mol. The van der Waals surface area contributed by atoms with Gasteiger partial charge in [0.15, 0.2) is 0 Å². The third-order valence-electron chi connectivity index (χ3n) is 2.06. The predicted octanol–water partition coefficient (Wildman–Crippen LogP) is 0.818. The lowest BCUT2D eigenvalue weighted by Gasteiger charge is -2.23. The van der Waals surface area contributed by atoms with E-state index >= 15 is 0 Å². The summed E-state index contributed by atoms with van der Waals surface area (Å²) in [4.78, 5) is 12.3. The van der Waals surface area contributed by atoms with Crippen molar-refractivity contribution in [3.05, 3.63) is 0 Å². The maximum atomic E-state index is 10.2. The van der Waals surface area contributed by atoms with Crippen molar-refractivity contribution in [2.75, 3.05) is 27.3 Å². The Morgan fingerprint density at radius 3 is 2.69 bits per heavy atom. The van der Waals surface area contributed by atoms with Crippen molar-refractivity contribution in [2.24, 2.45) is 0 Å². The second-order valence-corrected chi connectivity index (χ2v) is 3.28. The van der Waals surface area contributed by atoms with Crippen LogP contribution >= 0.6 is 0 Å². The van der Waals surface area contributed by atoms with Crippen molar-refractivity contribution in [1.82, 2.24) is 4.90 Å². The number of carboxylic acids is 1. The van der Waals surface area contributed by atoms with Crippen LogP contribution in [-0.4, -0.2) is 49.3 Å². The monoisotopic (exact) mass is 189 g/mol. The van der Waals surface area contributed by atoms with E-state index in [-0.39, 0.29) is 6.42 Å². The molecule has 0 radical (unpaired) electrons. The highest BCUT2D eigenvalue weighted by atomic mass is 16.5. The number of hydrogen-bond donors (Lipinski definition) is 1. The molecular weight excluding hydrogens is 170 g/mol. The summed E-state index contributed by atoms with van der Waals surface area (Å²) >= 11 is 0. The van der Waals surface area contributed by atoms with Crippen molar-refractivity contribution < 1.29 is 14.6 Å². The van der Waals surface area contributed by atoms with Crippen LogP contribution in [0.1, 0.15) is 19.8 Å². The first-order chi connectivity index (χ1) is 6.07. The number of hydrogen-bond acceptors (Lipinski definition) is 3. The van der Waals surface area contributed by atoms with Gasteiger partial charge in [0.2, 0.25) is 0 Å². The summed E-state index contributed by atoms with van der Waals surface area (Å²) in [5.74, 6) is -0.729. The number of nitrogens with zero attached hydrogens (tertiary/aromatic N) is 1. The zero-order valence-electron chi connectivity index (χ0n) is 8.62. The van der Waals surface area contributed by atoms with E-state index in [2.05, 4.69) is 11.8 Å². The molecule has 78 valence electrons. The van der Waals surface area contributed by atoms with Crippen LogP contribution in [0.2, 0.25) is 0 Å². The first kappa shape index (κ1) is 12.4. The van der Waals surface area contributed by atoms with Gasteiger partial charge >= 0.3 is 5.97 Å². The van der Waals surface area contributed by atoms with E-state index in [0.29, 0.717) is 19.1 Å². The molecule has 13 heavy (non-hydrogen) atoms. The molecule has 0 heterocycles. The maximum absolute atomic E-state index is 10.2. The Labute approximate surface area is 79.5 Å². The van der Waals surface area contributed by atoms with Crippen LogP contribution in [0.4, 0.5) is 0 Å². The third-order valence-corrected chi connectivity index (χ3v) is 2.06. The summed E-state index contributed by atoms with van der Waals surface area (Å²) in [6.45, 7) is 3.55. The van der Waals surface area contributed by atoms with E-state index in [0.717, 1.165) is 6.54 Å². The molecule has 1 atom stereocenters. The smallest absolute Gasteiger partial charge is 0.303 e. The second-order valence-electron chi connectivity index (χ2n) is 3.28. The van der Waals surface area contributed by atoms with Crippen LogP contribution in [0.25, 0.3) is 0 Å². The number of carbonyl (C=O) groups is 1. The zero-order valence-corrected chi connectivity index (χ0v) is 8.62. The number of methoxy groups -OCH3 is 1. The molecule has 0 fully saturated rings. The van der Waals surface area contributed by atoms with Gasteiger partial charge in [-0.2, -0.15) is 0 Å². The Hall–Kier alpha value is -0.610. The van der Waals surface area contributed by atoms with Gasteiger partial charge in [0.05, 0.1) is 6.61 Å². The van der Waals surface area contributed by atoms with Crippen molar-refractivity contribution >= 4 is 5.97 Å². The summed E-state index contributed by atoms with van der Waals surface area (Å²) in [6.07, 6.45) is 0.934. The van der Waals surface area contributed by atoms with Gasteiger partial charge in [0, 0.05) is 19.6 Å². The lowest BCUT2D eigenvalue weighted by Crippen LogP contribution is -2.33. The van der Waals surface area contributed by atoms with Crippen molar-refractivity contribution in [3.8, 4) is 0 Å². The summed E-state index contributed by atoms with van der Waals surface area (Å²) < 4.78 is 4.99. The van der Waals surface area contributed by atoms with E-state index in [4.69, 9.17) is 9.84 Å². The molecule has 0 rings (SSSR count). The van der Waals surface area contributed by atoms with Gasteiger partial charge in [-0.3, -0.25) is 4.79 Å². The average Bonchev–Trinajstić information content (AvgIpc) is 2.04. The third kappa shape index (κ3) is 6.54. The topological polar surface area (TPSA) is 49.8 Å². The largest absolute Gasteiger partial charge is 0.481 e. The van der Waals surface area contributed by atoms with Crippen molar-refractivity contribution in [1.29, 1.82) is 0 Å². The van der Waals surface area contributed by atoms with E-state index in [9.17, 15) is 4.79 Å². The summed E-state index contributed by atoms with van der Waals surface area (Å²) in [6, 6.07) is 0.346. The van der Waals surface area contributed by atoms with Crippen LogP contribution in [-0.2, 0) is 9.53 Å². The molecule has 0 saturated heterocycles. The molecule has 1 unspecified atom stereocenters. The van der Waals surface area contributed by atoms with Crippen LogP contribution in [0.5, 0.6) is 0 Å². The minimum atomic E-state index is -0.729. The summed E-state index contributed by atoms with van der Waals surface area (Å²) in [7, 11) is 3.65. The number of aliphatic carboxylic acids is 1. The van der Waals surface area contributed by atoms with Gasteiger partial charge in [-0.15, -0.1) is 0 Å². The van der Waals surface area contributed by atoms with E-state index in [1.165, 1.54) is 0 Å². The number of ether oxygens (including phenoxy) is 1. The van der Waals surface area contributed by atoms with Crippen LogP contribution in [0, 0.1) is 0 Å². The van der Waals surface area contributed by atoms with Gasteiger partial charge < -0.3 is 14.7 Å². The standard InChI is InChI=1S/C9H19NO3/c1-8(7-13-3)10(2)6-4-5-9(11)12/h8H,4-7H2,1-3H3,(H,11,12). The summed E-state index contributed by atoms with van der Waals surface area (Å²) in [5, 5.41) is 8.43.